The average Bonchev–Trinajstić information content (AvgIpc) is 3.13. The molecule has 0 bridgehead atoms. The highest BCUT2D eigenvalue weighted by atomic mass is 16.5. The molecule has 27 heavy (non-hydrogen) atoms. The summed E-state index contributed by atoms with van der Waals surface area (Å²) >= 11 is 0. The summed E-state index contributed by atoms with van der Waals surface area (Å²) in [6.07, 6.45) is 1.88. The second kappa shape index (κ2) is 10.0. The first-order valence-corrected chi connectivity index (χ1v) is 9.05. The molecule has 0 amide bonds. The van der Waals surface area contributed by atoms with Crippen LogP contribution in [-0.2, 0) is 4.74 Å². The molecule has 148 valence electrons. The highest BCUT2D eigenvalue weighted by Crippen LogP contribution is 2.28. The third kappa shape index (κ3) is 5.03. The van der Waals surface area contributed by atoms with E-state index in [9.17, 15) is 0 Å². The van der Waals surface area contributed by atoms with Gasteiger partial charge >= 0.3 is 0 Å². The van der Waals surface area contributed by atoms with Crippen molar-refractivity contribution in [3.8, 4) is 11.3 Å². The highest BCUT2D eigenvalue weighted by Gasteiger charge is 2.16. The summed E-state index contributed by atoms with van der Waals surface area (Å²) in [7, 11) is 3.84. The first kappa shape index (κ1) is 20.8. The smallest absolute Gasteiger partial charge is 0.129 e. The van der Waals surface area contributed by atoms with Crippen LogP contribution < -0.4 is 4.90 Å². The van der Waals surface area contributed by atoms with Gasteiger partial charge in [-0.3, -0.25) is 5.10 Å². The molecule has 0 aliphatic carbocycles. The van der Waals surface area contributed by atoms with Crippen LogP contribution in [0.5, 0.6) is 0 Å². The van der Waals surface area contributed by atoms with Gasteiger partial charge in [0.15, 0.2) is 0 Å². The van der Waals surface area contributed by atoms with Crippen molar-refractivity contribution in [1.29, 1.82) is 0 Å². The number of hydrogen-bond donors (Lipinski definition) is 1. The molecule has 1 aromatic carbocycles. The predicted octanol–water partition coefficient (Wildman–Crippen LogP) is 2.45. The number of anilines is 1. The topological polar surface area (TPSA) is 88.8 Å². The lowest BCUT2D eigenvalue weighted by Gasteiger charge is -2.33. The second-order valence-corrected chi connectivity index (χ2v) is 6.39. The molecule has 0 atom stereocenters. The summed E-state index contributed by atoms with van der Waals surface area (Å²) in [4.78, 5) is 9.24. The maximum Gasteiger partial charge on any atom is 0.129 e. The van der Waals surface area contributed by atoms with Gasteiger partial charge in [-0.15, -0.1) is 0 Å². The van der Waals surface area contributed by atoms with Crippen LogP contribution in [0.25, 0.3) is 22.2 Å². The van der Waals surface area contributed by atoms with E-state index in [1.165, 1.54) is 0 Å². The lowest BCUT2D eigenvalue weighted by Crippen LogP contribution is -2.44. The molecule has 0 radical (unpaired) electrons. The van der Waals surface area contributed by atoms with E-state index < -0.39 is 0 Å². The fourth-order valence-electron chi connectivity index (χ4n) is 2.96. The van der Waals surface area contributed by atoms with E-state index in [2.05, 4.69) is 55.0 Å². The van der Waals surface area contributed by atoms with Crippen molar-refractivity contribution in [2.75, 3.05) is 51.8 Å². The third-order valence-corrected chi connectivity index (χ3v) is 4.61. The first-order valence-electron chi connectivity index (χ1n) is 9.05. The molecule has 0 spiro atoms. The molecule has 0 saturated carbocycles. The lowest BCUT2D eigenvalue weighted by molar-refractivity contribution is 0.215. The molecule has 0 unspecified atom stereocenters. The number of aromatic nitrogens is 3. The number of nitrogens with one attached hydrogen (secondary N) is 1. The van der Waals surface area contributed by atoms with Gasteiger partial charge in [0, 0.05) is 58.5 Å². The minimum absolute atomic E-state index is 0. The number of para-hydroxylation sites is 1. The monoisotopic (exact) mass is 373 g/mol. The van der Waals surface area contributed by atoms with E-state index in [1.54, 1.807) is 7.11 Å². The van der Waals surface area contributed by atoms with E-state index >= 15 is 0 Å². The zero-order valence-corrected chi connectivity index (χ0v) is 16.3. The number of methoxy groups -OCH3 is 1. The summed E-state index contributed by atoms with van der Waals surface area (Å²) in [5, 5.41) is 8.74. The van der Waals surface area contributed by atoms with Crippen LogP contribution >= 0.6 is 0 Å². The Morgan fingerprint density at radius 1 is 1.15 bits per heavy atom. The Labute approximate surface area is 161 Å². The van der Waals surface area contributed by atoms with Gasteiger partial charge < -0.3 is 20.0 Å². The fourth-order valence-corrected chi connectivity index (χ4v) is 2.96. The van der Waals surface area contributed by atoms with Crippen LogP contribution in [0.3, 0.4) is 0 Å². The molecule has 4 rings (SSSR count). The number of fused-ring (bicyclic) bond motifs is 1. The van der Waals surface area contributed by atoms with E-state index in [4.69, 9.17) is 0 Å². The number of rotatable bonds is 3. The molecular formula is C20H31N5O2. The van der Waals surface area contributed by atoms with Crippen LogP contribution in [0.1, 0.15) is 8.35 Å². The summed E-state index contributed by atoms with van der Waals surface area (Å²) in [6.45, 7) is 6.98. The summed E-state index contributed by atoms with van der Waals surface area (Å²) in [5.41, 5.74) is 3.17. The number of H-pyrrole nitrogens is 1. The van der Waals surface area contributed by atoms with E-state index in [-0.39, 0.29) is 6.90 Å². The van der Waals surface area contributed by atoms with Crippen LogP contribution in [0, 0.1) is 0 Å². The molecule has 7 heteroatoms. The van der Waals surface area contributed by atoms with Crippen molar-refractivity contribution in [2.45, 2.75) is 6.92 Å². The second-order valence-electron chi connectivity index (χ2n) is 6.39. The Bertz CT molecular complexity index is 832. The lowest BCUT2D eigenvalue weighted by atomic mass is 10.1. The number of hydrogen-bond acceptors (Lipinski definition) is 5. The molecular weight excluding hydrogens is 342 g/mol. The van der Waals surface area contributed by atoms with Gasteiger partial charge in [-0.25, -0.2) is 4.98 Å². The van der Waals surface area contributed by atoms with Gasteiger partial charge in [0.2, 0.25) is 0 Å². The largest absolute Gasteiger partial charge is 0.412 e. The minimum Gasteiger partial charge on any atom is -0.412 e. The molecule has 2 aromatic heterocycles. The number of aromatic amines is 1. The van der Waals surface area contributed by atoms with Crippen molar-refractivity contribution in [3.63, 3.8) is 0 Å². The summed E-state index contributed by atoms with van der Waals surface area (Å²) in [5.74, 6) is 1.04. The normalized spacial score (nSPS) is 14.4. The average molecular weight is 374 g/mol. The van der Waals surface area contributed by atoms with Gasteiger partial charge in [0.1, 0.15) is 11.5 Å². The Hall–Kier alpha value is -2.48. The summed E-state index contributed by atoms with van der Waals surface area (Å²) in [6, 6.07) is 12.4. The van der Waals surface area contributed by atoms with Gasteiger partial charge in [0.05, 0.1) is 5.52 Å². The standard InChI is InChI=1S/C17H19N5.C3H8O.H2O.H2/c1-21-8-10-22(11-9-21)16-12-13(6-7-18-16)17-14-4-2-3-5-15(14)19-20-17;1-3-4-2;;/h2-7,12H,8-11H2,1H3,(H,19,20);3H2,1-2H3;1H2;1H. The zero-order chi connectivity index (χ0) is 18.4. The van der Waals surface area contributed by atoms with Crippen molar-refractivity contribution in [1.82, 2.24) is 20.1 Å². The maximum absolute atomic E-state index is 4.55. The Balaban J connectivity index is 0.000000601. The van der Waals surface area contributed by atoms with E-state index in [1.807, 2.05) is 31.3 Å². The van der Waals surface area contributed by atoms with Gasteiger partial charge in [-0.1, -0.05) is 18.2 Å². The minimum atomic E-state index is 0. The maximum atomic E-state index is 4.55. The Morgan fingerprint density at radius 2 is 1.85 bits per heavy atom. The van der Waals surface area contributed by atoms with Crippen LogP contribution in [-0.4, -0.2) is 72.5 Å². The number of likely N-dealkylation sites (N-methyl/N-ethyl adjacent to an activating group) is 1. The van der Waals surface area contributed by atoms with Crippen molar-refractivity contribution in [3.05, 3.63) is 42.6 Å². The third-order valence-electron chi connectivity index (χ3n) is 4.61. The van der Waals surface area contributed by atoms with Crippen LogP contribution in [0.2, 0.25) is 0 Å². The molecule has 1 fully saturated rings. The first-order chi connectivity index (χ1) is 12.7. The molecule has 1 saturated heterocycles. The Kier molecular flexibility index (Phi) is 7.72. The number of ether oxygens (including phenoxy) is 1. The number of pyridine rings is 1. The van der Waals surface area contributed by atoms with Crippen LogP contribution in [0.4, 0.5) is 5.82 Å². The number of nitrogens with zero attached hydrogens (tertiary/aromatic N) is 4. The van der Waals surface area contributed by atoms with Crippen molar-refractivity contribution >= 4 is 16.7 Å². The zero-order valence-electron chi connectivity index (χ0n) is 16.3. The van der Waals surface area contributed by atoms with Crippen LogP contribution in [0.15, 0.2) is 42.6 Å². The van der Waals surface area contributed by atoms with E-state index in [0.717, 1.165) is 60.8 Å². The van der Waals surface area contributed by atoms with Gasteiger partial charge in [-0.2, -0.15) is 5.10 Å². The molecule has 1 aliphatic heterocycles. The van der Waals surface area contributed by atoms with Crippen molar-refractivity contribution < 1.29 is 11.6 Å². The molecule has 3 heterocycles. The number of piperazine rings is 1. The van der Waals surface area contributed by atoms with Crippen molar-refractivity contribution in [2.24, 2.45) is 0 Å². The SMILES string of the molecule is CCOC.CN1CCN(c2cc(-c3n[nH]c4ccccc34)ccn2)CC1.O.[HH]. The summed E-state index contributed by atoms with van der Waals surface area (Å²) < 4.78 is 4.54. The van der Waals surface area contributed by atoms with Gasteiger partial charge in [-0.05, 0) is 32.2 Å². The van der Waals surface area contributed by atoms with E-state index in [0.29, 0.717) is 0 Å². The predicted molar refractivity (Wildman–Crippen MR) is 112 cm³/mol. The fraction of sp³-hybridized carbons (Fsp3) is 0.400. The molecule has 1 aliphatic rings. The van der Waals surface area contributed by atoms with Gasteiger partial charge in [0.25, 0.3) is 0 Å². The molecule has 3 aromatic rings. The molecule has 3 N–H and O–H groups in total. The molecule has 7 nitrogen and oxygen atoms in total. The number of benzene rings is 1. The highest BCUT2D eigenvalue weighted by molar-refractivity contribution is 5.93. The Morgan fingerprint density at radius 3 is 2.56 bits per heavy atom. The quantitative estimate of drug-likeness (QED) is 0.762.